The first-order valence-corrected chi connectivity index (χ1v) is 9.79. The van der Waals surface area contributed by atoms with Crippen LogP contribution in [-0.2, 0) is 0 Å². The molecule has 2 amide bonds. The van der Waals surface area contributed by atoms with Crippen LogP contribution in [0.15, 0.2) is 36.8 Å². The average molecular weight is 380 g/mol. The van der Waals surface area contributed by atoms with Crippen LogP contribution >= 0.6 is 0 Å². The molecule has 0 saturated carbocycles. The number of nitrogens with zero attached hydrogens (tertiary/aromatic N) is 6. The predicted molar refractivity (Wildman–Crippen MR) is 104 cm³/mol. The molecule has 0 bridgehead atoms. The van der Waals surface area contributed by atoms with E-state index >= 15 is 0 Å². The van der Waals surface area contributed by atoms with Gasteiger partial charge in [-0.15, -0.1) is 0 Å². The normalized spacial score (nSPS) is 17.5. The molecule has 0 aromatic carbocycles. The molecule has 2 fully saturated rings. The van der Waals surface area contributed by atoms with Crippen LogP contribution in [-0.4, -0.2) is 75.8 Å². The predicted octanol–water partition coefficient (Wildman–Crippen LogP) is 1.46. The molecule has 2 aromatic heterocycles. The summed E-state index contributed by atoms with van der Waals surface area (Å²) in [7, 11) is 0. The smallest absolute Gasteiger partial charge is 0.272 e. The summed E-state index contributed by atoms with van der Waals surface area (Å²) in [6, 6.07) is 5.10. The molecule has 4 heterocycles. The number of carbonyl (C=O) groups is 2. The zero-order valence-corrected chi connectivity index (χ0v) is 15.8. The fourth-order valence-corrected chi connectivity index (χ4v) is 3.69. The van der Waals surface area contributed by atoms with Crippen LogP contribution in [0.1, 0.15) is 40.1 Å². The van der Waals surface area contributed by atoms with Crippen LogP contribution in [0.25, 0.3) is 0 Å². The molecule has 8 heteroatoms. The summed E-state index contributed by atoms with van der Waals surface area (Å²) in [6.07, 6.45) is 8.21. The first-order valence-electron chi connectivity index (χ1n) is 9.79. The number of likely N-dealkylation sites (tertiary alicyclic amines) is 1. The minimum absolute atomic E-state index is 0.0660. The zero-order chi connectivity index (χ0) is 19.3. The Hall–Kier alpha value is -3.03. The molecule has 2 aliphatic heterocycles. The Morgan fingerprint density at radius 1 is 0.750 bits per heavy atom. The van der Waals surface area contributed by atoms with E-state index in [1.165, 1.54) is 0 Å². The van der Waals surface area contributed by atoms with Gasteiger partial charge in [0, 0.05) is 63.4 Å². The van der Waals surface area contributed by atoms with Crippen LogP contribution in [0.2, 0.25) is 0 Å². The number of piperidine rings is 1. The molecule has 28 heavy (non-hydrogen) atoms. The molecule has 0 radical (unpaired) electrons. The van der Waals surface area contributed by atoms with Gasteiger partial charge in [0.2, 0.25) is 5.95 Å². The lowest BCUT2D eigenvalue weighted by molar-refractivity contribution is 0.0718. The van der Waals surface area contributed by atoms with Gasteiger partial charge in [0.15, 0.2) is 0 Å². The Kier molecular flexibility index (Phi) is 5.45. The van der Waals surface area contributed by atoms with E-state index in [9.17, 15) is 9.59 Å². The molecular formula is C20H24N6O2. The molecule has 2 aromatic rings. The highest BCUT2D eigenvalue weighted by Crippen LogP contribution is 2.15. The van der Waals surface area contributed by atoms with E-state index in [1.54, 1.807) is 36.8 Å². The maximum Gasteiger partial charge on any atom is 0.272 e. The number of hydrogen-bond acceptors (Lipinski definition) is 6. The number of amides is 2. The van der Waals surface area contributed by atoms with Crippen molar-refractivity contribution < 1.29 is 9.59 Å². The third kappa shape index (κ3) is 3.95. The average Bonchev–Trinajstić information content (AvgIpc) is 2.79. The first-order chi connectivity index (χ1) is 13.7. The summed E-state index contributed by atoms with van der Waals surface area (Å²) in [6.45, 7) is 4.08. The van der Waals surface area contributed by atoms with Gasteiger partial charge in [-0.3, -0.25) is 14.6 Å². The standard InChI is InChI=1S/C20H24N6O2/c27-18(25-11-13-26(14-12-25)20-22-6-4-7-23-20)16-5-8-21-17(15-16)19(28)24-9-2-1-3-10-24/h4-8,15H,1-3,9-14H2. The minimum atomic E-state index is -0.0830. The van der Waals surface area contributed by atoms with Gasteiger partial charge in [0.25, 0.3) is 11.8 Å². The number of rotatable bonds is 3. The van der Waals surface area contributed by atoms with Gasteiger partial charge >= 0.3 is 0 Å². The van der Waals surface area contributed by atoms with Crippen LogP contribution in [0.3, 0.4) is 0 Å². The topological polar surface area (TPSA) is 82.5 Å². The Bertz CT molecular complexity index is 830. The summed E-state index contributed by atoms with van der Waals surface area (Å²) in [5, 5.41) is 0. The number of pyridine rings is 1. The highest BCUT2D eigenvalue weighted by Gasteiger charge is 2.25. The van der Waals surface area contributed by atoms with E-state index in [0.29, 0.717) is 43.4 Å². The molecule has 2 saturated heterocycles. The maximum atomic E-state index is 12.9. The summed E-state index contributed by atoms with van der Waals surface area (Å²) >= 11 is 0. The number of anilines is 1. The fraction of sp³-hybridized carbons (Fsp3) is 0.450. The molecule has 0 unspecified atom stereocenters. The Balaban J connectivity index is 1.40. The molecule has 8 nitrogen and oxygen atoms in total. The number of hydrogen-bond donors (Lipinski definition) is 0. The SMILES string of the molecule is O=C(c1ccnc(C(=O)N2CCCCC2)c1)N1CCN(c2ncccn2)CC1. The van der Waals surface area contributed by atoms with E-state index < -0.39 is 0 Å². The largest absolute Gasteiger partial charge is 0.337 e. The Morgan fingerprint density at radius 3 is 2.14 bits per heavy atom. The van der Waals surface area contributed by atoms with Gasteiger partial charge < -0.3 is 14.7 Å². The quantitative estimate of drug-likeness (QED) is 0.802. The van der Waals surface area contributed by atoms with Crippen LogP contribution in [0, 0.1) is 0 Å². The highest BCUT2D eigenvalue weighted by molar-refractivity contribution is 5.98. The fourth-order valence-electron chi connectivity index (χ4n) is 3.69. The van der Waals surface area contributed by atoms with Gasteiger partial charge in [-0.1, -0.05) is 0 Å². The van der Waals surface area contributed by atoms with Crippen molar-refractivity contribution in [1.82, 2.24) is 24.8 Å². The Morgan fingerprint density at radius 2 is 1.43 bits per heavy atom. The van der Waals surface area contributed by atoms with E-state index in [1.807, 2.05) is 9.80 Å². The second-order valence-electron chi connectivity index (χ2n) is 7.11. The minimum Gasteiger partial charge on any atom is -0.337 e. The highest BCUT2D eigenvalue weighted by atomic mass is 16.2. The van der Waals surface area contributed by atoms with E-state index in [0.717, 1.165) is 32.4 Å². The Labute approximate surface area is 164 Å². The lowest BCUT2D eigenvalue weighted by Gasteiger charge is -2.34. The molecule has 146 valence electrons. The summed E-state index contributed by atoms with van der Waals surface area (Å²) in [5.74, 6) is 0.539. The summed E-state index contributed by atoms with van der Waals surface area (Å²) in [4.78, 5) is 44.0. The van der Waals surface area contributed by atoms with Crippen LogP contribution in [0.5, 0.6) is 0 Å². The molecule has 0 aliphatic carbocycles. The molecule has 2 aliphatic rings. The van der Waals surface area contributed by atoms with Gasteiger partial charge in [-0.25, -0.2) is 9.97 Å². The lowest BCUT2D eigenvalue weighted by atomic mass is 10.1. The second-order valence-corrected chi connectivity index (χ2v) is 7.11. The summed E-state index contributed by atoms with van der Waals surface area (Å²) < 4.78 is 0. The second kappa shape index (κ2) is 8.33. The van der Waals surface area contributed by atoms with Gasteiger partial charge in [-0.05, 0) is 37.5 Å². The maximum absolute atomic E-state index is 12.9. The number of aromatic nitrogens is 3. The van der Waals surface area contributed by atoms with Gasteiger partial charge in [-0.2, -0.15) is 0 Å². The molecule has 0 spiro atoms. The molecule has 0 atom stereocenters. The van der Waals surface area contributed by atoms with Crippen molar-refractivity contribution in [2.45, 2.75) is 19.3 Å². The van der Waals surface area contributed by atoms with Gasteiger partial charge in [0.05, 0.1) is 0 Å². The van der Waals surface area contributed by atoms with E-state index in [2.05, 4.69) is 19.9 Å². The molecule has 0 N–H and O–H groups in total. The first kappa shape index (κ1) is 18.3. The summed E-state index contributed by atoms with van der Waals surface area (Å²) in [5.41, 5.74) is 0.865. The van der Waals surface area contributed by atoms with E-state index in [-0.39, 0.29) is 11.8 Å². The van der Waals surface area contributed by atoms with Crippen molar-refractivity contribution in [2.75, 3.05) is 44.2 Å². The van der Waals surface area contributed by atoms with Crippen LogP contribution < -0.4 is 4.90 Å². The zero-order valence-electron chi connectivity index (χ0n) is 15.8. The van der Waals surface area contributed by atoms with Crippen molar-refractivity contribution >= 4 is 17.8 Å². The van der Waals surface area contributed by atoms with Crippen LogP contribution in [0.4, 0.5) is 5.95 Å². The third-order valence-electron chi connectivity index (χ3n) is 5.27. The lowest BCUT2D eigenvalue weighted by Crippen LogP contribution is -2.49. The van der Waals surface area contributed by atoms with E-state index in [4.69, 9.17) is 0 Å². The van der Waals surface area contributed by atoms with Gasteiger partial charge in [0.1, 0.15) is 5.69 Å². The van der Waals surface area contributed by atoms with Crippen molar-refractivity contribution in [3.05, 3.63) is 48.0 Å². The van der Waals surface area contributed by atoms with Crippen molar-refractivity contribution in [1.29, 1.82) is 0 Å². The molecule has 4 rings (SSSR count). The number of piperazine rings is 1. The van der Waals surface area contributed by atoms with Crippen molar-refractivity contribution in [2.24, 2.45) is 0 Å². The molecular weight excluding hydrogens is 356 g/mol. The van der Waals surface area contributed by atoms with Crippen molar-refractivity contribution in [3.8, 4) is 0 Å². The third-order valence-corrected chi connectivity index (χ3v) is 5.27. The monoisotopic (exact) mass is 380 g/mol. The number of carbonyl (C=O) groups excluding carboxylic acids is 2. The van der Waals surface area contributed by atoms with Crippen molar-refractivity contribution in [3.63, 3.8) is 0 Å².